The summed E-state index contributed by atoms with van der Waals surface area (Å²) in [5.41, 5.74) is -1.48. The third kappa shape index (κ3) is 5.25. The van der Waals surface area contributed by atoms with Crippen molar-refractivity contribution in [3.05, 3.63) is 96.1 Å². The van der Waals surface area contributed by atoms with Crippen LogP contribution in [0.2, 0.25) is 0 Å². The van der Waals surface area contributed by atoms with E-state index >= 15 is 0 Å². The highest BCUT2D eigenvalue weighted by Gasteiger charge is 2.32. The number of hydrogen-bond donors (Lipinski definition) is 2. The van der Waals surface area contributed by atoms with E-state index in [2.05, 4.69) is 9.93 Å². The Morgan fingerprint density at radius 2 is 1.44 bits per heavy atom. The van der Waals surface area contributed by atoms with Crippen LogP contribution >= 0.6 is 0 Å². The lowest BCUT2D eigenvalue weighted by molar-refractivity contribution is -0.137. The summed E-state index contributed by atoms with van der Waals surface area (Å²) in [5, 5.41) is 4.90. The number of sulfonamides is 1. The molecule has 0 aliphatic carbocycles. The highest BCUT2D eigenvalue weighted by molar-refractivity contribution is 7.89. The maximum Gasteiger partial charge on any atom is 0.416 e. The van der Waals surface area contributed by atoms with Crippen LogP contribution in [0.1, 0.15) is 11.1 Å². The molecule has 36 heavy (non-hydrogen) atoms. The molecule has 0 atom stereocenters. The molecule has 0 heterocycles. The van der Waals surface area contributed by atoms with Crippen LogP contribution in [-0.2, 0) is 26.3 Å². The van der Waals surface area contributed by atoms with Crippen molar-refractivity contribution >= 4 is 37.1 Å². The van der Waals surface area contributed by atoms with Gasteiger partial charge in [-0.05, 0) is 35.2 Å². The van der Waals surface area contributed by atoms with Crippen LogP contribution in [0, 0.1) is 0 Å². The summed E-state index contributed by atoms with van der Waals surface area (Å²) in [6.45, 7) is 0. The van der Waals surface area contributed by atoms with Gasteiger partial charge in [-0.25, -0.2) is 4.83 Å². The first-order valence-electron chi connectivity index (χ1n) is 10.2. The van der Waals surface area contributed by atoms with Gasteiger partial charge in [0.15, 0.2) is 0 Å². The highest BCUT2D eigenvalue weighted by atomic mass is 32.2. The summed E-state index contributed by atoms with van der Waals surface area (Å²) in [4.78, 5) is 1.30. The molecule has 7 nitrogen and oxygen atoms in total. The predicted molar refractivity (Wildman–Crippen MR) is 129 cm³/mol. The zero-order valence-corrected chi connectivity index (χ0v) is 19.8. The Morgan fingerprint density at radius 3 is 2.17 bits per heavy atom. The van der Waals surface area contributed by atoms with Crippen LogP contribution in [0.15, 0.2) is 99.8 Å². The van der Waals surface area contributed by atoms with Crippen LogP contribution in [0.25, 0.3) is 21.9 Å². The van der Waals surface area contributed by atoms with Crippen molar-refractivity contribution in [3.63, 3.8) is 0 Å². The first-order chi connectivity index (χ1) is 16.9. The van der Waals surface area contributed by atoms with Crippen molar-refractivity contribution in [1.82, 2.24) is 4.83 Å². The summed E-state index contributed by atoms with van der Waals surface area (Å²) < 4.78 is 98.9. The number of alkyl halides is 3. The second-order valence-corrected chi connectivity index (χ2v) is 10.6. The number of nitrogens with one attached hydrogen (secondary N) is 1. The molecule has 0 fully saturated rings. The topological polar surface area (TPSA) is 113 Å². The third-order valence-electron chi connectivity index (χ3n) is 5.25. The van der Waals surface area contributed by atoms with Gasteiger partial charge in [0, 0.05) is 16.5 Å². The van der Waals surface area contributed by atoms with Crippen molar-refractivity contribution in [2.75, 3.05) is 0 Å². The van der Waals surface area contributed by atoms with Gasteiger partial charge in [-0.3, -0.25) is 4.55 Å². The fourth-order valence-electron chi connectivity index (χ4n) is 3.64. The maximum absolute atomic E-state index is 13.3. The van der Waals surface area contributed by atoms with E-state index in [0.717, 1.165) is 6.21 Å². The average molecular weight is 535 g/mol. The Morgan fingerprint density at radius 1 is 0.778 bits per heavy atom. The molecule has 0 unspecified atom stereocenters. The molecule has 186 valence electrons. The molecule has 0 saturated heterocycles. The standard InChI is InChI=1S/C24H17F3N2O5S2/c25-24(26,27)18-12-13-23(36(32,33)34)21(14-18)19-9-3-2-7-17(19)15-28-29-35(30,31)22-11-5-8-16-6-1-4-10-20(16)22/h1-15,29H,(H,32,33,34)/b28-15-. The highest BCUT2D eigenvalue weighted by Crippen LogP contribution is 2.36. The van der Waals surface area contributed by atoms with E-state index in [1.54, 1.807) is 36.4 Å². The number of fused-ring (bicyclic) bond motifs is 1. The lowest BCUT2D eigenvalue weighted by Gasteiger charge is -2.14. The van der Waals surface area contributed by atoms with Gasteiger partial charge in [0.2, 0.25) is 0 Å². The van der Waals surface area contributed by atoms with Gasteiger partial charge in [0.25, 0.3) is 20.1 Å². The first-order valence-corrected chi connectivity index (χ1v) is 13.1. The summed E-state index contributed by atoms with van der Waals surface area (Å²) in [6, 6.07) is 19.0. The number of nitrogens with zero attached hydrogens (tertiary/aromatic N) is 1. The lowest BCUT2D eigenvalue weighted by atomic mass is 9.98. The van der Waals surface area contributed by atoms with Crippen LogP contribution in [0.5, 0.6) is 0 Å². The quantitative estimate of drug-likeness (QED) is 0.203. The monoisotopic (exact) mass is 534 g/mol. The first kappa shape index (κ1) is 25.4. The summed E-state index contributed by atoms with van der Waals surface area (Å²) >= 11 is 0. The molecule has 4 aromatic rings. The molecule has 0 aromatic heterocycles. The molecule has 0 radical (unpaired) electrons. The van der Waals surface area contributed by atoms with Gasteiger partial charge < -0.3 is 0 Å². The molecule has 0 aliphatic rings. The van der Waals surface area contributed by atoms with E-state index in [1.165, 1.54) is 30.3 Å². The van der Waals surface area contributed by atoms with E-state index in [0.29, 0.717) is 29.0 Å². The third-order valence-corrected chi connectivity index (χ3v) is 7.44. The van der Waals surface area contributed by atoms with E-state index < -0.39 is 42.3 Å². The second kappa shape index (κ2) is 9.37. The van der Waals surface area contributed by atoms with Crippen LogP contribution < -0.4 is 4.83 Å². The molecule has 0 bridgehead atoms. The molecular weight excluding hydrogens is 517 g/mol. The van der Waals surface area contributed by atoms with E-state index in [4.69, 9.17) is 0 Å². The molecule has 0 amide bonds. The summed E-state index contributed by atoms with van der Waals surface area (Å²) in [7, 11) is -9.01. The molecule has 0 aliphatic heterocycles. The normalized spacial score (nSPS) is 12.8. The zero-order chi connectivity index (χ0) is 26.1. The molecule has 12 heteroatoms. The van der Waals surface area contributed by atoms with Gasteiger partial charge in [0.05, 0.1) is 16.7 Å². The van der Waals surface area contributed by atoms with Crippen molar-refractivity contribution in [2.24, 2.45) is 5.10 Å². The molecule has 4 rings (SSSR count). The van der Waals surface area contributed by atoms with Gasteiger partial charge in [0.1, 0.15) is 4.90 Å². The molecule has 2 N–H and O–H groups in total. The Balaban J connectivity index is 1.75. The zero-order valence-electron chi connectivity index (χ0n) is 18.1. The van der Waals surface area contributed by atoms with Crippen LogP contribution in [0.3, 0.4) is 0 Å². The molecular formula is C24H17F3N2O5S2. The number of halogens is 3. The lowest BCUT2D eigenvalue weighted by Crippen LogP contribution is -2.18. The minimum absolute atomic E-state index is 0.0238. The molecule has 4 aromatic carbocycles. The van der Waals surface area contributed by atoms with Crippen molar-refractivity contribution in [1.29, 1.82) is 0 Å². The fourth-order valence-corrected chi connectivity index (χ4v) is 5.35. The van der Waals surface area contributed by atoms with Gasteiger partial charge in [-0.15, -0.1) is 0 Å². The van der Waals surface area contributed by atoms with Crippen molar-refractivity contribution in [2.45, 2.75) is 16.0 Å². The number of hydrazone groups is 1. The van der Waals surface area contributed by atoms with E-state index in [1.807, 2.05) is 0 Å². The van der Waals surface area contributed by atoms with E-state index in [-0.39, 0.29) is 16.0 Å². The Hall–Kier alpha value is -3.74. The number of benzene rings is 4. The van der Waals surface area contributed by atoms with Crippen LogP contribution in [0.4, 0.5) is 13.2 Å². The molecule has 0 saturated carbocycles. The Bertz CT molecular complexity index is 1700. The van der Waals surface area contributed by atoms with Crippen molar-refractivity contribution < 1.29 is 34.6 Å². The Labute approximate surface area is 204 Å². The summed E-state index contributed by atoms with van der Waals surface area (Å²) in [5.74, 6) is 0. The number of hydrogen-bond acceptors (Lipinski definition) is 5. The maximum atomic E-state index is 13.3. The largest absolute Gasteiger partial charge is 0.416 e. The fraction of sp³-hybridized carbons (Fsp3) is 0.0417. The van der Waals surface area contributed by atoms with Gasteiger partial charge >= 0.3 is 6.18 Å². The van der Waals surface area contributed by atoms with Crippen molar-refractivity contribution in [3.8, 4) is 11.1 Å². The number of rotatable bonds is 6. The predicted octanol–water partition coefficient (Wildman–Crippen LogP) is 5.08. The molecule has 0 spiro atoms. The average Bonchev–Trinajstić information content (AvgIpc) is 2.82. The van der Waals surface area contributed by atoms with Gasteiger partial charge in [-0.1, -0.05) is 60.7 Å². The SMILES string of the molecule is O=S(=O)(O)c1ccc(C(F)(F)F)cc1-c1ccccc1/C=N\NS(=O)(=O)c1cccc2ccccc12. The van der Waals surface area contributed by atoms with Crippen LogP contribution in [-0.4, -0.2) is 27.6 Å². The van der Waals surface area contributed by atoms with Gasteiger partial charge in [-0.2, -0.15) is 35.1 Å². The Kier molecular flexibility index (Phi) is 6.60. The summed E-state index contributed by atoms with van der Waals surface area (Å²) in [6.07, 6.45) is -3.74. The minimum atomic E-state index is -4.88. The van der Waals surface area contributed by atoms with E-state index in [9.17, 15) is 34.6 Å². The smallest absolute Gasteiger partial charge is 0.282 e. The minimum Gasteiger partial charge on any atom is -0.282 e. The second-order valence-electron chi connectivity index (χ2n) is 7.60.